The number of nitrogens with zero attached hydrogens (tertiary/aromatic N) is 15. The van der Waals surface area contributed by atoms with E-state index in [2.05, 4.69) is 114 Å². The van der Waals surface area contributed by atoms with Gasteiger partial charge >= 0.3 is 6.03 Å². The summed E-state index contributed by atoms with van der Waals surface area (Å²) in [5.41, 5.74) is 1.02. The summed E-state index contributed by atoms with van der Waals surface area (Å²) in [6.07, 6.45) is 8.61. The first-order chi connectivity index (χ1) is 71.8. The molecule has 16 heterocycles. The summed E-state index contributed by atoms with van der Waals surface area (Å²) < 4.78 is 56.9. The van der Waals surface area contributed by atoms with Gasteiger partial charge in [0.1, 0.15) is 50.9 Å². The number of rotatable bonds is 23. The fourth-order valence-corrected chi connectivity index (χ4v) is 18.9. The predicted octanol–water partition coefficient (Wildman–Crippen LogP) is 5.25. The first-order valence-electron chi connectivity index (χ1n) is 47.8. The zero-order valence-corrected chi connectivity index (χ0v) is 83.3. The molecule has 4 aromatic carbocycles. The number of nitrogens with one attached hydrogen (secondary N) is 5. The van der Waals surface area contributed by atoms with Crippen LogP contribution in [0.1, 0.15) is 131 Å². The third-order valence-corrected chi connectivity index (χ3v) is 27.1. The number of β-lactam (4-membered cyclic amide) rings is 1. The molecule has 0 spiro atoms. The molecule has 14 amide bonds. The SMILES string of the molecule is COCCN1CCN(c2ccc(OC)c(C#C[C@]3(CN4Cc5ccc(OC)cc5C4=O)CC(=O)NC3=O)n2)CC1.COc1ccc(N2CCC2=O)nc1C#C[C@]1(CN2Cc3ccc(OC)c(F)c3C2=O)NC(=O)NC1=O.COc1ccc2c(c1)C(=O)N(C[C@@]1(C#Cc3ccc(N4CCCCC4)nc3)CC(=O)NC1=O)C2.COc1ccc2c(c1)C(=O)N(C[C@@]1(C#Cc3nc(-c4cnc(N(C)C)nc4)ccc3OC)CC(=O)NC1=O)C2. The third-order valence-electron chi connectivity index (χ3n) is 27.1. The summed E-state index contributed by atoms with van der Waals surface area (Å²) in [5, 5.41) is 11.7. The van der Waals surface area contributed by atoms with E-state index in [4.69, 9.17) is 42.9 Å². The number of imide groups is 4. The molecule has 9 aromatic rings. The Labute approximate surface area is 855 Å². The van der Waals surface area contributed by atoms with Gasteiger partial charge in [-0.1, -0.05) is 53.9 Å². The van der Waals surface area contributed by atoms with Crippen molar-refractivity contribution in [1.82, 2.24) is 81.0 Å². The number of piperazine rings is 1. The first kappa shape index (κ1) is 103. The highest BCUT2D eigenvalue weighted by molar-refractivity contribution is 6.12. The van der Waals surface area contributed by atoms with Crippen LogP contribution in [0.2, 0.25) is 0 Å². The lowest BCUT2D eigenvalue weighted by molar-refractivity contribution is -0.128. The van der Waals surface area contributed by atoms with Gasteiger partial charge in [0.25, 0.3) is 29.5 Å². The average molecular weight is 2030 g/mol. The maximum absolute atomic E-state index is 14.8. The number of benzene rings is 4. The van der Waals surface area contributed by atoms with Crippen LogP contribution in [0.5, 0.6) is 40.2 Å². The molecule has 11 aliphatic rings. The number of hydrogen-bond donors (Lipinski definition) is 5. The molecule has 0 radical (unpaired) electrons. The van der Waals surface area contributed by atoms with Crippen LogP contribution in [0.25, 0.3) is 11.3 Å². The fraction of sp³-hybridized carbons (Fsp3) is 0.355. The number of halogens is 1. The Morgan fingerprint density at radius 1 is 0.409 bits per heavy atom. The van der Waals surface area contributed by atoms with Crippen LogP contribution in [-0.4, -0.2) is 293 Å². The second-order valence-electron chi connectivity index (χ2n) is 37.0. The molecule has 4 atom stereocenters. The Kier molecular flexibility index (Phi) is 30.2. The topological polar surface area (TPSA) is 462 Å². The van der Waals surface area contributed by atoms with Gasteiger partial charge in [-0.25, -0.2) is 39.1 Å². The number of carbonyl (C=O) groups is 13. The minimum atomic E-state index is -1.83. The van der Waals surface area contributed by atoms with Gasteiger partial charge in [0.15, 0.2) is 45.9 Å². The highest BCUT2D eigenvalue weighted by Crippen LogP contribution is 2.41. The zero-order chi connectivity index (χ0) is 105. The van der Waals surface area contributed by atoms with E-state index in [1.54, 1.807) is 114 Å². The number of ether oxygens (including phenoxy) is 8. The van der Waals surface area contributed by atoms with Crippen LogP contribution in [0.15, 0.2) is 134 Å². The largest absolute Gasteiger partial charge is 0.497 e. The predicted molar refractivity (Wildman–Crippen MR) is 534 cm³/mol. The summed E-state index contributed by atoms with van der Waals surface area (Å²) in [6.45, 7) is 8.07. The Morgan fingerprint density at radius 2 is 0.852 bits per heavy atom. The standard InChI is InChI=1S/C29H33N5O6.C28H26N6O5.C26H26N4O4.C24H20FN5O6/c1-38-15-14-32-10-12-33(13-11-32)25-7-6-24(40-3)23(30-25)8-9-29(17-26(35)31-28(29)37)19-34-18-20-4-5-21(39-2)16-22(20)27(34)36;1-33(2)27-29-13-18(14-30-27)21-7-8-23(39-4)22(31-21)9-10-28(12-24(35)32-26(28)37)16-34-15-17-5-6-19(38-3)11-20(17)25(34)36;1-34-20-7-6-19-16-30(24(32)21(19)13-20)17-26(14-23(31)28-25(26)33)10-9-18-5-8-22(27-15-18)29-11-3-2-4-12-29;1-35-15-5-6-17(30-10-8-18(30)31)26-14(15)7-9-24(22(33)27-23(34)28-24)12-29-11-13-3-4-16(36-2)20(25)19(13)21(29)32/h4-7,16H,10-15,17-19H2,1-3H3,(H,31,35,37);5-8,11,13-14H,12,15-16H2,1-4H3,(H,32,35,37);5-8,13,15H,2-4,11-12,14,16-17H2,1H3,(H,28,31,33);3-6H,8,10-12H2,1-2H3,(H2,27,28,33,34)/t29-;28-;26-;24-/m1111/s1. The van der Waals surface area contributed by atoms with Crippen LogP contribution in [0.4, 0.5) is 32.6 Å². The van der Waals surface area contributed by atoms with Crippen molar-refractivity contribution in [2.24, 2.45) is 16.2 Å². The van der Waals surface area contributed by atoms with E-state index in [-0.39, 0.29) is 110 Å². The lowest BCUT2D eigenvalue weighted by Crippen LogP contribution is -2.54. The Morgan fingerprint density at radius 3 is 1.29 bits per heavy atom. The van der Waals surface area contributed by atoms with E-state index in [1.807, 2.05) is 56.6 Å². The van der Waals surface area contributed by atoms with Crippen molar-refractivity contribution in [3.63, 3.8) is 0 Å². The lowest BCUT2D eigenvalue weighted by atomic mass is 9.85. The number of carbonyl (C=O) groups excluding carboxylic acids is 13. The van der Waals surface area contributed by atoms with Crippen molar-refractivity contribution in [3.05, 3.63) is 207 Å². The number of amides is 14. The summed E-state index contributed by atoms with van der Waals surface area (Å²) >= 11 is 0. The van der Waals surface area contributed by atoms with E-state index in [0.717, 1.165) is 74.1 Å². The van der Waals surface area contributed by atoms with Gasteiger partial charge in [-0.15, -0.1) is 0 Å². The molecule has 11 aliphatic heterocycles. The number of hydrogen-bond acceptors (Lipinski definition) is 31. The molecular formula is C107H105FN20O21. The molecule has 5 N–H and O–H groups in total. The molecule has 0 bridgehead atoms. The van der Waals surface area contributed by atoms with Gasteiger partial charge in [-0.3, -0.25) is 88.6 Å². The summed E-state index contributed by atoms with van der Waals surface area (Å²) in [7, 11) is 15.7. The smallest absolute Gasteiger partial charge is 0.323 e. The van der Waals surface area contributed by atoms with Crippen LogP contribution in [-0.2, 0) is 69.3 Å². The maximum atomic E-state index is 14.8. The van der Waals surface area contributed by atoms with Gasteiger partial charge in [-0.2, -0.15) is 0 Å². The highest BCUT2D eigenvalue weighted by atomic mass is 19.1. The molecule has 149 heavy (non-hydrogen) atoms. The molecule has 0 unspecified atom stereocenters. The monoisotopic (exact) mass is 2020 g/mol. The summed E-state index contributed by atoms with van der Waals surface area (Å²) in [5.74, 6) is 23.2. The van der Waals surface area contributed by atoms with E-state index in [1.165, 1.54) is 82.7 Å². The number of anilines is 4. The van der Waals surface area contributed by atoms with Gasteiger partial charge in [0.2, 0.25) is 52.8 Å². The number of aromatic nitrogens is 6. The number of urea groups is 1. The van der Waals surface area contributed by atoms with Crippen LogP contribution in [0.3, 0.4) is 0 Å². The second kappa shape index (κ2) is 43.7. The van der Waals surface area contributed by atoms with Crippen LogP contribution in [0, 0.1) is 69.4 Å². The number of fused-ring (bicyclic) bond motifs is 4. The normalized spacial score (nSPS) is 20.1. The average Bonchev–Trinajstić information content (AvgIpc) is 1.61. The molecule has 5 aromatic heterocycles. The van der Waals surface area contributed by atoms with Gasteiger partial charge < -0.3 is 77.5 Å². The van der Waals surface area contributed by atoms with Gasteiger partial charge in [0.05, 0.1) is 93.4 Å². The molecule has 7 fully saturated rings. The number of methoxy groups -OCH3 is 8. The quantitative estimate of drug-likeness (QED) is 0.0236. The second-order valence-corrected chi connectivity index (χ2v) is 37.0. The molecule has 0 aliphatic carbocycles. The molecule has 42 heteroatoms. The van der Waals surface area contributed by atoms with E-state index >= 15 is 0 Å². The van der Waals surface area contributed by atoms with Gasteiger partial charge in [0, 0.05) is 172 Å². The summed E-state index contributed by atoms with van der Waals surface area (Å²) in [4.78, 5) is 208. The number of pyridine rings is 4. The van der Waals surface area contributed by atoms with E-state index in [9.17, 15) is 66.7 Å². The lowest BCUT2D eigenvalue weighted by Gasteiger charge is -2.35. The Balaban J connectivity index is 0.000000136. The highest BCUT2D eigenvalue weighted by Gasteiger charge is 2.54. The van der Waals surface area contributed by atoms with Crippen molar-refractivity contribution in [3.8, 4) is 98.9 Å². The van der Waals surface area contributed by atoms with Crippen LogP contribution < -0.4 is 79.3 Å². The van der Waals surface area contributed by atoms with Crippen LogP contribution >= 0.6 is 0 Å². The van der Waals surface area contributed by atoms with Crippen molar-refractivity contribution in [1.29, 1.82) is 0 Å². The summed E-state index contributed by atoms with van der Waals surface area (Å²) in [6, 6.07) is 32.3. The van der Waals surface area contributed by atoms with Crippen molar-refractivity contribution < 1.29 is 105 Å². The first-order valence-corrected chi connectivity index (χ1v) is 47.8. The molecular weight excluding hydrogens is 1920 g/mol. The van der Waals surface area contributed by atoms with Gasteiger partial charge in [-0.05, 0) is 150 Å². The van der Waals surface area contributed by atoms with E-state index in [0.29, 0.717) is 124 Å². The maximum Gasteiger partial charge on any atom is 0.323 e. The Bertz CT molecular complexity index is 7210. The fourth-order valence-electron chi connectivity index (χ4n) is 18.9. The Hall–Kier alpha value is -17.6. The van der Waals surface area contributed by atoms with Crippen molar-refractivity contribution in [2.45, 2.75) is 76.7 Å². The van der Waals surface area contributed by atoms with Crippen molar-refractivity contribution >= 4 is 100 Å². The minimum absolute atomic E-state index is 0.00971. The minimum Gasteiger partial charge on any atom is -0.497 e. The van der Waals surface area contributed by atoms with E-state index < -0.39 is 75.0 Å². The number of piperidine rings is 1. The molecule has 7 saturated heterocycles. The molecule has 0 saturated carbocycles. The van der Waals surface area contributed by atoms with Crippen molar-refractivity contribution in [2.75, 3.05) is 176 Å². The third kappa shape index (κ3) is 21.7. The molecule has 766 valence electrons. The molecule has 20 rings (SSSR count). The molecule has 41 nitrogen and oxygen atoms in total. The zero-order valence-electron chi connectivity index (χ0n) is 83.3.